The Balaban J connectivity index is 2.15. The summed E-state index contributed by atoms with van der Waals surface area (Å²) in [5.41, 5.74) is 2.45. The van der Waals surface area contributed by atoms with Crippen molar-refractivity contribution in [3.63, 3.8) is 0 Å². The summed E-state index contributed by atoms with van der Waals surface area (Å²) in [6, 6.07) is 6.70. The number of para-hydroxylation sites is 1. The molecule has 1 saturated heterocycles. The molecule has 1 fully saturated rings. The fourth-order valence-electron chi connectivity index (χ4n) is 2.75. The van der Waals surface area contributed by atoms with Crippen molar-refractivity contribution in [2.75, 3.05) is 31.7 Å². The predicted molar refractivity (Wildman–Crippen MR) is 85.7 cm³/mol. The Bertz CT molecular complexity index is 419. The molecule has 0 unspecified atom stereocenters. The van der Waals surface area contributed by atoms with Gasteiger partial charge in [-0.1, -0.05) is 30.7 Å². The fourth-order valence-corrected chi connectivity index (χ4v) is 3.08. The zero-order valence-corrected chi connectivity index (χ0v) is 13.2. The second-order valence-electron chi connectivity index (χ2n) is 5.38. The van der Waals surface area contributed by atoms with Gasteiger partial charge in [-0.2, -0.15) is 0 Å². The first-order chi connectivity index (χ1) is 9.74. The largest absolute Gasteiger partial charge is 0.381 e. The van der Waals surface area contributed by atoms with Crippen LogP contribution in [0.1, 0.15) is 31.7 Å². The summed E-state index contributed by atoms with van der Waals surface area (Å²) >= 11 is 6.46. The average Bonchev–Trinajstić information content (AvgIpc) is 2.48. The van der Waals surface area contributed by atoms with Crippen molar-refractivity contribution in [3.05, 3.63) is 28.8 Å². The van der Waals surface area contributed by atoms with Crippen LogP contribution in [-0.4, -0.2) is 32.8 Å². The Morgan fingerprint density at radius 2 is 2.10 bits per heavy atom. The Kier molecular flexibility index (Phi) is 6.14. The zero-order chi connectivity index (χ0) is 14.4. The molecule has 1 heterocycles. The Morgan fingerprint density at radius 1 is 1.35 bits per heavy atom. The van der Waals surface area contributed by atoms with Crippen LogP contribution in [-0.2, 0) is 11.3 Å². The number of halogens is 1. The van der Waals surface area contributed by atoms with Crippen molar-refractivity contribution in [3.8, 4) is 0 Å². The molecule has 1 aliphatic rings. The van der Waals surface area contributed by atoms with Gasteiger partial charge in [0.05, 0.1) is 10.7 Å². The summed E-state index contributed by atoms with van der Waals surface area (Å²) in [4.78, 5) is 2.34. The minimum Gasteiger partial charge on any atom is -0.381 e. The van der Waals surface area contributed by atoms with E-state index in [1.807, 2.05) is 12.1 Å². The van der Waals surface area contributed by atoms with E-state index in [1.54, 1.807) is 0 Å². The first kappa shape index (κ1) is 15.6. The maximum absolute atomic E-state index is 6.46. The number of nitrogens with one attached hydrogen (secondary N) is 1. The predicted octanol–water partition coefficient (Wildman–Crippen LogP) is 3.45. The van der Waals surface area contributed by atoms with Gasteiger partial charge in [-0.05, 0) is 37.4 Å². The van der Waals surface area contributed by atoms with Gasteiger partial charge in [0, 0.05) is 32.8 Å². The van der Waals surface area contributed by atoms with Crippen molar-refractivity contribution < 1.29 is 4.74 Å². The van der Waals surface area contributed by atoms with Gasteiger partial charge in [-0.3, -0.25) is 0 Å². The smallest absolute Gasteiger partial charge is 0.0642 e. The van der Waals surface area contributed by atoms with E-state index in [9.17, 15) is 0 Å². The molecule has 0 aliphatic carbocycles. The molecule has 0 amide bonds. The van der Waals surface area contributed by atoms with Gasteiger partial charge in [0.25, 0.3) is 0 Å². The third-order valence-corrected chi connectivity index (χ3v) is 4.21. The van der Waals surface area contributed by atoms with E-state index >= 15 is 0 Å². The number of nitrogens with zero attached hydrogens (tertiary/aromatic N) is 1. The van der Waals surface area contributed by atoms with Crippen LogP contribution in [0.25, 0.3) is 0 Å². The Hall–Kier alpha value is -0.770. The summed E-state index contributed by atoms with van der Waals surface area (Å²) in [6.45, 7) is 5.79. The van der Waals surface area contributed by atoms with Gasteiger partial charge in [0.15, 0.2) is 0 Å². The van der Waals surface area contributed by atoms with Gasteiger partial charge >= 0.3 is 0 Å². The maximum atomic E-state index is 6.46. The van der Waals surface area contributed by atoms with Crippen molar-refractivity contribution in [1.29, 1.82) is 0 Å². The van der Waals surface area contributed by atoms with Gasteiger partial charge < -0.3 is 15.0 Å². The molecule has 3 nitrogen and oxygen atoms in total. The van der Waals surface area contributed by atoms with E-state index in [2.05, 4.69) is 30.3 Å². The zero-order valence-electron chi connectivity index (χ0n) is 12.5. The van der Waals surface area contributed by atoms with Crippen molar-refractivity contribution in [1.82, 2.24) is 5.32 Å². The van der Waals surface area contributed by atoms with E-state index in [4.69, 9.17) is 16.3 Å². The molecule has 1 N–H and O–H groups in total. The van der Waals surface area contributed by atoms with Gasteiger partial charge in [-0.25, -0.2) is 0 Å². The van der Waals surface area contributed by atoms with Crippen LogP contribution in [0.3, 0.4) is 0 Å². The first-order valence-electron chi connectivity index (χ1n) is 7.52. The van der Waals surface area contributed by atoms with Crippen LogP contribution in [0.4, 0.5) is 5.69 Å². The molecule has 1 aromatic carbocycles. The quantitative estimate of drug-likeness (QED) is 0.814. The second-order valence-corrected chi connectivity index (χ2v) is 5.79. The third-order valence-electron chi connectivity index (χ3n) is 3.90. The van der Waals surface area contributed by atoms with Crippen LogP contribution in [0.2, 0.25) is 5.02 Å². The van der Waals surface area contributed by atoms with E-state index < -0.39 is 0 Å². The lowest BCUT2D eigenvalue weighted by molar-refractivity contribution is 0.0854. The first-order valence-corrected chi connectivity index (χ1v) is 7.90. The van der Waals surface area contributed by atoms with Crippen molar-refractivity contribution >= 4 is 17.3 Å². The lowest BCUT2D eigenvalue weighted by atomic mass is 10.0. The minimum atomic E-state index is 0.522. The summed E-state index contributed by atoms with van der Waals surface area (Å²) in [5, 5.41) is 4.31. The fraction of sp³-hybridized carbons (Fsp3) is 0.625. The molecule has 0 spiro atoms. The average molecular weight is 297 g/mol. The molecule has 0 aromatic heterocycles. The monoisotopic (exact) mass is 296 g/mol. The molecule has 20 heavy (non-hydrogen) atoms. The van der Waals surface area contributed by atoms with Crippen LogP contribution < -0.4 is 10.2 Å². The summed E-state index contributed by atoms with van der Waals surface area (Å²) in [7, 11) is 2.15. The lowest BCUT2D eigenvalue weighted by Gasteiger charge is -2.34. The molecular formula is C16H25ClN2O. The maximum Gasteiger partial charge on any atom is 0.0642 e. The molecule has 2 rings (SSSR count). The van der Waals surface area contributed by atoms with Crippen LogP contribution >= 0.6 is 11.6 Å². The topological polar surface area (TPSA) is 24.5 Å². The molecule has 4 heteroatoms. The third kappa shape index (κ3) is 3.87. The van der Waals surface area contributed by atoms with Crippen LogP contribution in [0, 0.1) is 0 Å². The second kappa shape index (κ2) is 7.87. The standard InChI is InChI=1S/C16H25ClN2O/c1-3-9-18-12-13-5-4-6-15(17)16(13)19(2)14-7-10-20-11-8-14/h4-6,14,18H,3,7-12H2,1-2H3. The highest BCUT2D eigenvalue weighted by atomic mass is 35.5. The lowest BCUT2D eigenvalue weighted by Crippen LogP contribution is -2.37. The van der Waals surface area contributed by atoms with E-state index in [0.717, 1.165) is 50.6 Å². The molecule has 0 saturated carbocycles. The van der Waals surface area contributed by atoms with Crippen molar-refractivity contribution in [2.45, 2.75) is 38.8 Å². The van der Waals surface area contributed by atoms with Crippen molar-refractivity contribution in [2.24, 2.45) is 0 Å². The van der Waals surface area contributed by atoms with E-state index in [-0.39, 0.29) is 0 Å². The highest BCUT2D eigenvalue weighted by Gasteiger charge is 2.22. The van der Waals surface area contributed by atoms with E-state index in [1.165, 1.54) is 11.3 Å². The molecule has 112 valence electrons. The number of hydrogen-bond donors (Lipinski definition) is 1. The molecule has 0 radical (unpaired) electrons. The summed E-state index contributed by atoms with van der Waals surface area (Å²) in [5.74, 6) is 0. The van der Waals surface area contributed by atoms with Gasteiger partial charge in [0.2, 0.25) is 0 Å². The number of rotatable bonds is 6. The molecule has 1 aromatic rings. The highest BCUT2D eigenvalue weighted by Crippen LogP contribution is 2.32. The van der Waals surface area contributed by atoms with Gasteiger partial charge in [0.1, 0.15) is 0 Å². The summed E-state index contributed by atoms with van der Waals surface area (Å²) < 4.78 is 5.45. The Labute approximate surface area is 127 Å². The molecule has 0 bridgehead atoms. The SMILES string of the molecule is CCCNCc1cccc(Cl)c1N(C)C1CCOCC1. The molecule has 0 atom stereocenters. The molecule has 1 aliphatic heterocycles. The normalized spacial score (nSPS) is 16.4. The number of benzene rings is 1. The van der Waals surface area contributed by atoms with Crippen LogP contribution in [0.15, 0.2) is 18.2 Å². The highest BCUT2D eigenvalue weighted by molar-refractivity contribution is 6.33. The number of hydrogen-bond acceptors (Lipinski definition) is 3. The number of ether oxygens (including phenoxy) is 1. The Morgan fingerprint density at radius 3 is 2.80 bits per heavy atom. The minimum absolute atomic E-state index is 0.522. The molecular weight excluding hydrogens is 272 g/mol. The van der Waals surface area contributed by atoms with Gasteiger partial charge in [-0.15, -0.1) is 0 Å². The summed E-state index contributed by atoms with van der Waals surface area (Å²) in [6.07, 6.45) is 3.29. The van der Waals surface area contributed by atoms with E-state index in [0.29, 0.717) is 6.04 Å². The number of anilines is 1. The van der Waals surface area contributed by atoms with Crippen LogP contribution in [0.5, 0.6) is 0 Å².